The lowest BCUT2D eigenvalue weighted by Gasteiger charge is -2.21. The second-order valence-electron chi connectivity index (χ2n) is 4.07. The molecule has 0 radical (unpaired) electrons. The van der Waals surface area contributed by atoms with Gasteiger partial charge in [-0.05, 0) is 25.5 Å². The third-order valence-electron chi connectivity index (χ3n) is 2.87. The van der Waals surface area contributed by atoms with E-state index in [1.165, 1.54) is 0 Å². The zero-order chi connectivity index (χ0) is 12.1. The van der Waals surface area contributed by atoms with Crippen LogP contribution >= 0.6 is 0 Å². The fraction of sp³-hybridized carbons (Fsp3) is 0.545. The van der Waals surface area contributed by atoms with Gasteiger partial charge in [0.1, 0.15) is 0 Å². The van der Waals surface area contributed by atoms with Crippen molar-refractivity contribution in [2.24, 2.45) is 0 Å². The number of hydrogen-bond donors (Lipinski definition) is 2. The summed E-state index contributed by atoms with van der Waals surface area (Å²) in [5, 5.41) is 11.8. The first-order valence-corrected chi connectivity index (χ1v) is 5.71. The largest absolute Gasteiger partial charge is 0.395 e. The highest BCUT2D eigenvalue weighted by Gasteiger charge is 2.25. The first kappa shape index (κ1) is 11.9. The van der Waals surface area contributed by atoms with Gasteiger partial charge in [-0.3, -0.25) is 15.0 Å². The summed E-state index contributed by atoms with van der Waals surface area (Å²) in [6.07, 6.45) is 5.13. The molecule has 1 saturated heterocycles. The molecule has 1 aliphatic heterocycles. The van der Waals surface area contributed by atoms with Crippen LogP contribution in [0.1, 0.15) is 12.8 Å². The highest BCUT2D eigenvalue weighted by Crippen LogP contribution is 2.15. The first-order chi connectivity index (χ1) is 8.29. The molecule has 0 unspecified atom stereocenters. The average Bonchev–Trinajstić information content (AvgIpc) is 2.77. The number of nitrogens with one attached hydrogen (secondary N) is 1. The van der Waals surface area contributed by atoms with Crippen LogP contribution in [0.15, 0.2) is 18.5 Å². The summed E-state index contributed by atoms with van der Waals surface area (Å²) in [4.78, 5) is 21.5. The lowest BCUT2D eigenvalue weighted by atomic mass is 10.2. The lowest BCUT2D eigenvalue weighted by molar-refractivity contribution is -0.117. The molecule has 17 heavy (non-hydrogen) atoms. The molecule has 0 aliphatic carbocycles. The van der Waals surface area contributed by atoms with Gasteiger partial charge in [-0.2, -0.15) is 0 Å². The van der Waals surface area contributed by atoms with Gasteiger partial charge in [0.05, 0.1) is 13.2 Å². The van der Waals surface area contributed by atoms with Crippen molar-refractivity contribution in [3.05, 3.63) is 18.5 Å². The van der Waals surface area contributed by atoms with E-state index in [-0.39, 0.29) is 25.1 Å². The van der Waals surface area contributed by atoms with E-state index in [4.69, 9.17) is 5.11 Å². The van der Waals surface area contributed by atoms with Crippen molar-refractivity contribution in [2.75, 3.05) is 25.0 Å². The number of aliphatic hydroxyl groups excluding tert-OH is 1. The smallest absolute Gasteiger partial charge is 0.240 e. The number of rotatable bonds is 4. The highest BCUT2D eigenvalue weighted by atomic mass is 16.3. The van der Waals surface area contributed by atoms with Crippen LogP contribution in [0.5, 0.6) is 0 Å². The molecule has 0 aromatic carbocycles. The molecule has 1 aliphatic rings. The Balaban J connectivity index is 1.85. The Morgan fingerprint density at radius 3 is 3.00 bits per heavy atom. The predicted molar refractivity (Wildman–Crippen MR) is 62.3 cm³/mol. The van der Waals surface area contributed by atoms with E-state index in [2.05, 4.69) is 15.3 Å². The van der Waals surface area contributed by atoms with Gasteiger partial charge in [0, 0.05) is 18.4 Å². The minimum atomic E-state index is -0.142. The summed E-state index contributed by atoms with van der Waals surface area (Å²) < 4.78 is 0. The molecule has 2 N–H and O–H groups in total. The second kappa shape index (κ2) is 5.70. The molecule has 1 amide bonds. The molecule has 1 aromatic heterocycles. The van der Waals surface area contributed by atoms with Gasteiger partial charge in [0.2, 0.25) is 11.9 Å². The number of aliphatic hydroxyl groups is 1. The van der Waals surface area contributed by atoms with Gasteiger partial charge in [0.25, 0.3) is 0 Å². The standard InChI is InChI=1S/C11H16N4O2/c16-8-9-3-1-6-15(9)7-10(17)14-11-12-4-2-5-13-11/h2,4-5,9,16H,1,3,6-8H2,(H,12,13,14,17)/t9-/m0/s1. The zero-order valence-electron chi connectivity index (χ0n) is 9.54. The minimum absolute atomic E-state index is 0.106. The molecule has 1 fully saturated rings. The van der Waals surface area contributed by atoms with Crippen molar-refractivity contribution in [1.82, 2.24) is 14.9 Å². The summed E-state index contributed by atoms with van der Waals surface area (Å²) in [6, 6.07) is 1.80. The maximum absolute atomic E-state index is 11.7. The van der Waals surface area contributed by atoms with Crippen molar-refractivity contribution >= 4 is 11.9 Å². The van der Waals surface area contributed by atoms with E-state index in [9.17, 15) is 4.79 Å². The average molecular weight is 236 g/mol. The summed E-state index contributed by atoms with van der Waals surface area (Å²) in [5.74, 6) is 0.175. The molecule has 2 heterocycles. The maximum Gasteiger partial charge on any atom is 0.240 e. The fourth-order valence-corrected chi connectivity index (χ4v) is 2.02. The fourth-order valence-electron chi connectivity index (χ4n) is 2.02. The number of carbonyl (C=O) groups is 1. The van der Waals surface area contributed by atoms with E-state index < -0.39 is 0 Å². The summed E-state index contributed by atoms with van der Waals surface area (Å²) >= 11 is 0. The van der Waals surface area contributed by atoms with Crippen molar-refractivity contribution in [3.63, 3.8) is 0 Å². The highest BCUT2D eigenvalue weighted by molar-refractivity contribution is 5.90. The molecule has 2 rings (SSSR count). The molecule has 1 aromatic rings. The van der Waals surface area contributed by atoms with Crippen LogP contribution in [0.4, 0.5) is 5.95 Å². The third-order valence-corrected chi connectivity index (χ3v) is 2.87. The second-order valence-corrected chi connectivity index (χ2v) is 4.07. The van der Waals surface area contributed by atoms with Gasteiger partial charge in [-0.1, -0.05) is 0 Å². The van der Waals surface area contributed by atoms with Crippen molar-refractivity contribution in [2.45, 2.75) is 18.9 Å². The van der Waals surface area contributed by atoms with E-state index in [0.717, 1.165) is 19.4 Å². The predicted octanol–water partition coefficient (Wildman–Crippen LogP) is -0.128. The molecular formula is C11H16N4O2. The summed E-state index contributed by atoms with van der Waals surface area (Å²) in [7, 11) is 0. The van der Waals surface area contributed by atoms with Crippen LogP contribution in [-0.2, 0) is 4.79 Å². The van der Waals surface area contributed by atoms with Crippen LogP contribution in [0.25, 0.3) is 0 Å². The van der Waals surface area contributed by atoms with Crippen LogP contribution in [0, 0.1) is 0 Å². The summed E-state index contributed by atoms with van der Waals surface area (Å²) in [6.45, 7) is 1.24. The number of anilines is 1. The zero-order valence-corrected chi connectivity index (χ0v) is 9.54. The number of hydrogen-bond acceptors (Lipinski definition) is 5. The summed E-state index contributed by atoms with van der Waals surface area (Å²) in [5.41, 5.74) is 0. The van der Waals surface area contributed by atoms with Crippen LogP contribution < -0.4 is 5.32 Å². The molecule has 0 spiro atoms. The Morgan fingerprint density at radius 1 is 1.53 bits per heavy atom. The Hall–Kier alpha value is -1.53. The molecule has 6 nitrogen and oxygen atoms in total. The van der Waals surface area contributed by atoms with Crippen LogP contribution in [-0.4, -0.2) is 51.6 Å². The van der Waals surface area contributed by atoms with Crippen LogP contribution in [0.3, 0.4) is 0 Å². The quantitative estimate of drug-likeness (QED) is 0.761. The minimum Gasteiger partial charge on any atom is -0.395 e. The van der Waals surface area contributed by atoms with Crippen LogP contribution in [0.2, 0.25) is 0 Å². The van der Waals surface area contributed by atoms with Crippen molar-refractivity contribution in [3.8, 4) is 0 Å². The molecule has 6 heteroatoms. The van der Waals surface area contributed by atoms with E-state index in [1.54, 1.807) is 18.5 Å². The van der Waals surface area contributed by atoms with Gasteiger partial charge >= 0.3 is 0 Å². The van der Waals surface area contributed by atoms with Gasteiger partial charge in [-0.15, -0.1) is 0 Å². The number of amides is 1. The van der Waals surface area contributed by atoms with Gasteiger partial charge in [-0.25, -0.2) is 9.97 Å². The number of nitrogens with zero attached hydrogens (tertiary/aromatic N) is 3. The lowest BCUT2D eigenvalue weighted by Crippen LogP contribution is -2.38. The number of likely N-dealkylation sites (tertiary alicyclic amines) is 1. The SMILES string of the molecule is O=C(CN1CCC[C@H]1CO)Nc1ncccn1. The van der Waals surface area contributed by atoms with Gasteiger partial charge in [0.15, 0.2) is 0 Å². The molecular weight excluding hydrogens is 220 g/mol. The molecule has 92 valence electrons. The van der Waals surface area contributed by atoms with E-state index >= 15 is 0 Å². The Bertz CT molecular complexity index is 371. The topological polar surface area (TPSA) is 78.4 Å². The molecule has 0 bridgehead atoms. The third kappa shape index (κ3) is 3.21. The maximum atomic E-state index is 11.7. The Labute approximate surface area is 99.7 Å². The van der Waals surface area contributed by atoms with Crippen molar-refractivity contribution < 1.29 is 9.90 Å². The molecule has 1 atom stereocenters. The van der Waals surface area contributed by atoms with Crippen molar-refractivity contribution in [1.29, 1.82) is 0 Å². The first-order valence-electron chi connectivity index (χ1n) is 5.71. The normalized spacial score (nSPS) is 20.4. The number of carbonyl (C=O) groups excluding carboxylic acids is 1. The van der Waals surface area contributed by atoms with E-state index in [1.807, 2.05) is 4.90 Å². The molecule has 0 saturated carbocycles. The number of aromatic nitrogens is 2. The Morgan fingerprint density at radius 2 is 2.29 bits per heavy atom. The van der Waals surface area contributed by atoms with Gasteiger partial charge < -0.3 is 5.11 Å². The monoisotopic (exact) mass is 236 g/mol. The van der Waals surface area contributed by atoms with E-state index in [0.29, 0.717) is 5.95 Å². The Kier molecular flexibility index (Phi) is 4.00.